The van der Waals surface area contributed by atoms with Gasteiger partial charge in [0.25, 0.3) is 0 Å². The van der Waals surface area contributed by atoms with Crippen LogP contribution in [0.5, 0.6) is 0 Å². The zero-order valence-electron chi connectivity index (χ0n) is 7.43. The van der Waals surface area contributed by atoms with E-state index in [0.717, 1.165) is 0 Å². The number of allylic oxidation sites excluding steroid dienone is 3. The molecule has 74 valence electrons. The minimum atomic E-state index is -4.19. The lowest BCUT2D eigenvalue weighted by atomic mass is 9.95. The molecule has 4 heteroatoms. The molecule has 2 atom stereocenters. The molecule has 1 rings (SSSR count). The monoisotopic (exact) mass is 208 g/mol. The maximum absolute atomic E-state index is 12.4. The minimum Gasteiger partial charge on any atom is -0.166 e. The number of alkyl halides is 3. The fourth-order valence-corrected chi connectivity index (χ4v) is 2.40. The third-order valence-corrected chi connectivity index (χ3v) is 3.25. The summed E-state index contributed by atoms with van der Waals surface area (Å²) in [5, 5.41) is -0.454. The van der Waals surface area contributed by atoms with Crippen LogP contribution in [-0.4, -0.2) is 17.7 Å². The van der Waals surface area contributed by atoms with Gasteiger partial charge in [0.2, 0.25) is 0 Å². The van der Waals surface area contributed by atoms with E-state index in [2.05, 4.69) is 0 Å². The van der Waals surface area contributed by atoms with Crippen LogP contribution in [0.3, 0.4) is 0 Å². The van der Waals surface area contributed by atoms with E-state index >= 15 is 0 Å². The summed E-state index contributed by atoms with van der Waals surface area (Å²) < 4.78 is 37.3. The summed E-state index contributed by atoms with van der Waals surface area (Å²) in [6.07, 6.45) is 1.98. The van der Waals surface area contributed by atoms with Crippen molar-refractivity contribution in [3.8, 4) is 0 Å². The zero-order chi connectivity index (χ0) is 10.1. The highest BCUT2D eigenvalue weighted by molar-refractivity contribution is 7.99. The molecule has 0 saturated heterocycles. The Morgan fingerprint density at radius 1 is 1.38 bits per heavy atom. The first kappa shape index (κ1) is 10.7. The summed E-state index contributed by atoms with van der Waals surface area (Å²) in [6, 6.07) is 0. The van der Waals surface area contributed by atoms with Crippen molar-refractivity contribution >= 4 is 11.8 Å². The Morgan fingerprint density at radius 3 is 2.38 bits per heavy atom. The molecule has 0 aromatic carbocycles. The van der Waals surface area contributed by atoms with Gasteiger partial charge < -0.3 is 0 Å². The van der Waals surface area contributed by atoms with Gasteiger partial charge in [-0.15, -0.1) is 0 Å². The van der Waals surface area contributed by atoms with Crippen molar-refractivity contribution in [3.05, 3.63) is 23.8 Å². The molecule has 0 aliphatic heterocycles. The highest BCUT2D eigenvalue weighted by Gasteiger charge is 2.40. The Morgan fingerprint density at radius 2 is 2.00 bits per heavy atom. The highest BCUT2D eigenvalue weighted by Crippen LogP contribution is 2.38. The molecule has 0 N–H and O–H groups in total. The van der Waals surface area contributed by atoms with Crippen molar-refractivity contribution in [2.75, 3.05) is 6.26 Å². The molecule has 0 radical (unpaired) electrons. The van der Waals surface area contributed by atoms with Crippen LogP contribution in [-0.2, 0) is 0 Å². The van der Waals surface area contributed by atoms with Crippen molar-refractivity contribution in [1.29, 1.82) is 0 Å². The van der Waals surface area contributed by atoms with E-state index in [1.165, 1.54) is 23.9 Å². The summed E-state index contributed by atoms with van der Waals surface area (Å²) >= 11 is 1.25. The van der Waals surface area contributed by atoms with Crippen molar-refractivity contribution in [3.63, 3.8) is 0 Å². The Kier molecular flexibility index (Phi) is 3.11. The summed E-state index contributed by atoms with van der Waals surface area (Å²) in [7, 11) is 0. The predicted octanol–water partition coefficient (Wildman–Crippen LogP) is 3.41. The fourth-order valence-electron chi connectivity index (χ4n) is 1.41. The largest absolute Gasteiger partial charge is 0.413 e. The molecule has 2 unspecified atom stereocenters. The van der Waals surface area contributed by atoms with Gasteiger partial charge in [-0.05, 0) is 12.2 Å². The van der Waals surface area contributed by atoms with Gasteiger partial charge in [0, 0.05) is 10.8 Å². The second-order valence-electron chi connectivity index (χ2n) is 3.02. The Balaban J connectivity index is 2.93. The van der Waals surface area contributed by atoms with E-state index in [1.807, 2.05) is 0 Å². The van der Waals surface area contributed by atoms with Crippen LogP contribution < -0.4 is 0 Å². The average Bonchev–Trinajstić information content (AvgIpc) is 2.02. The van der Waals surface area contributed by atoms with Crippen molar-refractivity contribution < 1.29 is 13.2 Å². The lowest BCUT2D eigenvalue weighted by Crippen LogP contribution is -2.27. The maximum Gasteiger partial charge on any atom is 0.413 e. The van der Waals surface area contributed by atoms with Gasteiger partial charge >= 0.3 is 6.18 Å². The Hall–Kier alpha value is -0.380. The first-order chi connectivity index (χ1) is 5.96. The standard InChI is InChI=1S/C9H11F3S/c1-6-4-3-5-7(8(6)13-2)9(10,11)12/h3-6,8H,1-2H3. The van der Waals surface area contributed by atoms with Crippen molar-refractivity contribution in [2.24, 2.45) is 5.92 Å². The first-order valence-electron chi connectivity index (χ1n) is 3.95. The number of hydrogen-bond donors (Lipinski definition) is 0. The molecule has 0 spiro atoms. The molecule has 0 nitrogen and oxygen atoms in total. The number of rotatable bonds is 1. The first-order valence-corrected chi connectivity index (χ1v) is 5.24. The van der Waals surface area contributed by atoms with Crippen molar-refractivity contribution in [1.82, 2.24) is 0 Å². The summed E-state index contributed by atoms with van der Waals surface area (Å²) in [5.41, 5.74) is -0.421. The van der Waals surface area contributed by atoms with Crippen LogP contribution in [0, 0.1) is 5.92 Å². The van der Waals surface area contributed by atoms with E-state index in [0.29, 0.717) is 0 Å². The van der Waals surface area contributed by atoms with E-state index in [1.54, 1.807) is 19.3 Å². The average molecular weight is 208 g/mol. The zero-order valence-corrected chi connectivity index (χ0v) is 8.25. The smallest absolute Gasteiger partial charge is 0.166 e. The molecule has 1 aliphatic rings. The Bertz CT molecular complexity index is 240. The van der Waals surface area contributed by atoms with Gasteiger partial charge in [-0.1, -0.05) is 25.2 Å². The van der Waals surface area contributed by atoms with Gasteiger partial charge in [-0.3, -0.25) is 0 Å². The molecule has 0 aromatic heterocycles. The van der Waals surface area contributed by atoms with E-state index in [4.69, 9.17) is 0 Å². The summed E-state index contributed by atoms with van der Waals surface area (Å²) in [6.45, 7) is 1.80. The van der Waals surface area contributed by atoms with Crippen LogP contribution >= 0.6 is 11.8 Å². The van der Waals surface area contributed by atoms with Crippen LogP contribution in [0.4, 0.5) is 13.2 Å². The molecule has 13 heavy (non-hydrogen) atoms. The van der Waals surface area contributed by atoms with Crippen LogP contribution in [0.25, 0.3) is 0 Å². The number of thioether (sulfide) groups is 1. The molecule has 0 bridgehead atoms. The maximum atomic E-state index is 12.4. The fraction of sp³-hybridized carbons (Fsp3) is 0.556. The van der Waals surface area contributed by atoms with Gasteiger partial charge in [0.05, 0.1) is 0 Å². The molecular formula is C9H11F3S. The van der Waals surface area contributed by atoms with E-state index in [9.17, 15) is 13.2 Å². The quantitative estimate of drug-likeness (QED) is 0.636. The molecule has 0 amide bonds. The minimum absolute atomic E-state index is 0.0448. The molecule has 0 fully saturated rings. The number of halogens is 3. The summed E-state index contributed by atoms with van der Waals surface area (Å²) in [5.74, 6) is -0.0448. The lowest BCUT2D eigenvalue weighted by molar-refractivity contribution is -0.0941. The third-order valence-electron chi connectivity index (χ3n) is 2.06. The Labute approximate surface area is 79.9 Å². The topological polar surface area (TPSA) is 0 Å². The summed E-state index contributed by atoms with van der Waals surface area (Å²) in [4.78, 5) is 0. The molecule has 0 aromatic rings. The lowest BCUT2D eigenvalue weighted by Gasteiger charge is -2.26. The second kappa shape index (κ2) is 3.78. The molecule has 0 saturated carbocycles. The third kappa shape index (κ3) is 2.30. The van der Waals surface area contributed by atoms with Gasteiger partial charge in [-0.25, -0.2) is 0 Å². The normalized spacial score (nSPS) is 28.8. The molecular weight excluding hydrogens is 197 g/mol. The van der Waals surface area contributed by atoms with Gasteiger partial charge in [0.1, 0.15) is 0 Å². The predicted molar refractivity (Wildman–Crippen MR) is 49.7 cm³/mol. The van der Waals surface area contributed by atoms with Crippen LogP contribution in [0.1, 0.15) is 6.92 Å². The van der Waals surface area contributed by atoms with Crippen LogP contribution in [0.2, 0.25) is 0 Å². The van der Waals surface area contributed by atoms with E-state index in [-0.39, 0.29) is 5.92 Å². The molecule has 0 heterocycles. The SMILES string of the molecule is CSC1C(C(F)(F)F)=CC=CC1C. The second-order valence-corrected chi connectivity index (χ2v) is 4.00. The molecule has 1 aliphatic carbocycles. The number of hydrogen-bond acceptors (Lipinski definition) is 1. The van der Waals surface area contributed by atoms with Crippen molar-refractivity contribution in [2.45, 2.75) is 18.3 Å². The highest BCUT2D eigenvalue weighted by atomic mass is 32.2. The van der Waals surface area contributed by atoms with Crippen LogP contribution in [0.15, 0.2) is 23.8 Å². The van der Waals surface area contributed by atoms with Gasteiger partial charge in [0.15, 0.2) is 0 Å². The van der Waals surface area contributed by atoms with Gasteiger partial charge in [-0.2, -0.15) is 24.9 Å². The van der Waals surface area contributed by atoms with E-state index < -0.39 is 17.0 Å².